The highest BCUT2D eigenvalue weighted by atomic mass is 32.2. The van der Waals surface area contributed by atoms with E-state index in [2.05, 4.69) is 90.7 Å². The van der Waals surface area contributed by atoms with E-state index in [1.165, 1.54) is 11.5 Å². The summed E-state index contributed by atoms with van der Waals surface area (Å²) in [5.74, 6) is 2.67. The fourth-order valence-electron chi connectivity index (χ4n) is 2.16. The average molecular weight is 321 g/mol. The quantitative estimate of drug-likeness (QED) is 0.644. The van der Waals surface area contributed by atoms with Crippen LogP contribution in [0, 0.1) is 10.8 Å². The van der Waals surface area contributed by atoms with Gasteiger partial charge in [-0.25, -0.2) is 0 Å². The molecule has 0 amide bonds. The van der Waals surface area contributed by atoms with Gasteiger partial charge in [-0.2, -0.15) is 35.3 Å². The monoisotopic (exact) mass is 320 g/mol. The molecule has 0 bridgehead atoms. The van der Waals surface area contributed by atoms with Gasteiger partial charge < -0.3 is 0 Å². The van der Waals surface area contributed by atoms with Crippen LogP contribution in [0.3, 0.4) is 0 Å². The summed E-state index contributed by atoms with van der Waals surface area (Å²) < 4.78 is 0. The summed E-state index contributed by atoms with van der Waals surface area (Å²) in [6, 6.07) is 0. The van der Waals surface area contributed by atoms with Crippen LogP contribution in [-0.2, 0) is 0 Å². The second kappa shape index (κ2) is 6.87. The predicted molar refractivity (Wildman–Crippen MR) is 97.9 cm³/mol. The first-order valence-corrected chi connectivity index (χ1v) is 10.4. The van der Waals surface area contributed by atoms with Gasteiger partial charge in [-0.3, -0.25) is 0 Å². The molecule has 114 valence electrons. The predicted octanol–water partition coefficient (Wildman–Crippen LogP) is 5.81. The highest BCUT2D eigenvalue weighted by Gasteiger charge is 2.38. The maximum Gasteiger partial charge on any atom is 0.0265 e. The third-order valence-corrected chi connectivity index (χ3v) is 9.59. The molecule has 1 aliphatic rings. The van der Waals surface area contributed by atoms with Gasteiger partial charge in [0.15, 0.2) is 0 Å². The van der Waals surface area contributed by atoms with Crippen LogP contribution in [0.25, 0.3) is 0 Å². The van der Waals surface area contributed by atoms with E-state index >= 15 is 0 Å². The van der Waals surface area contributed by atoms with Gasteiger partial charge in [-0.05, 0) is 10.8 Å². The molecule has 0 radical (unpaired) electrons. The van der Waals surface area contributed by atoms with Crippen molar-refractivity contribution < 1.29 is 0 Å². The van der Waals surface area contributed by atoms with Crippen molar-refractivity contribution in [2.45, 2.75) is 76.4 Å². The Bertz CT molecular complexity index is 275. The summed E-state index contributed by atoms with van der Waals surface area (Å²) in [5, 5.41) is 3.09. The molecule has 1 saturated heterocycles. The zero-order valence-corrected chi connectivity index (χ0v) is 16.4. The molecule has 1 fully saturated rings. The fourth-order valence-corrected chi connectivity index (χ4v) is 7.44. The Labute approximate surface area is 134 Å². The zero-order valence-electron chi connectivity index (χ0n) is 13.9. The van der Waals surface area contributed by atoms with Crippen LogP contribution in [-0.4, -0.2) is 32.5 Å². The molecule has 0 saturated carbocycles. The van der Waals surface area contributed by atoms with Gasteiger partial charge in [0.2, 0.25) is 0 Å². The van der Waals surface area contributed by atoms with Crippen LogP contribution in [0.4, 0.5) is 0 Å². The van der Waals surface area contributed by atoms with Crippen molar-refractivity contribution >= 4 is 35.3 Å². The summed E-state index contributed by atoms with van der Waals surface area (Å²) in [4.78, 5) is 0. The Hall–Kier alpha value is 1.05. The first-order chi connectivity index (χ1) is 8.51. The van der Waals surface area contributed by atoms with Crippen molar-refractivity contribution in [3.8, 4) is 0 Å². The van der Waals surface area contributed by atoms with Crippen molar-refractivity contribution in [1.29, 1.82) is 0 Å². The number of rotatable bonds is 3. The normalized spacial score (nSPS) is 29.1. The molecule has 0 spiro atoms. The number of hydrogen-bond acceptors (Lipinski definition) is 3. The molecule has 1 heterocycles. The van der Waals surface area contributed by atoms with Crippen molar-refractivity contribution in [2.24, 2.45) is 10.8 Å². The highest BCUT2D eigenvalue weighted by Crippen LogP contribution is 2.46. The summed E-state index contributed by atoms with van der Waals surface area (Å²) in [7, 11) is 0. The van der Waals surface area contributed by atoms with Crippen LogP contribution >= 0.6 is 35.3 Å². The lowest BCUT2D eigenvalue weighted by Crippen LogP contribution is -2.40. The van der Waals surface area contributed by atoms with E-state index in [0.29, 0.717) is 16.1 Å². The lowest BCUT2D eigenvalue weighted by atomic mass is 9.90. The summed E-state index contributed by atoms with van der Waals surface area (Å²) in [6.07, 6.45) is 0. The van der Waals surface area contributed by atoms with E-state index in [0.717, 1.165) is 15.7 Å². The molecular weight excluding hydrogens is 288 g/mol. The smallest absolute Gasteiger partial charge is 0.0265 e. The zero-order chi connectivity index (χ0) is 14.8. The second-order valence-electron chi connectivity index (χ2n) is 7.95. The molecule has 0 aromatic carbocycles. The van der Waals surface area contributed by atoms with Gasteiger partial charge in [-0.1, -0.05) is 55.4 Å². The molecule has 4 unspecified atom stereocenters. The third kappa shape index (κ3) is 5.74. The average Bonchev–Trinajstić information content (AvgIpc) is 2.22. The molecule has 0 aliphatic carbocycles. The third-order valence-electron chi connectivity index (χ3n) is 3.80. The van der Waals surface area contributed by atoms with Crippen LogP contribution in [0.15, 0.2) is 0 Å². The Kier molecular flexibility index (Phi) is 6.55. The van der Waals surface area contributed by atoms with Crippen LogP contribution in [0.2, 0.25) is 0 Å². The fraction of sp³-hybridized carbons (Fsp3) is 1.00. The molecule has 0 aromatic rings. The van der Waals surface area contributed by atoms with Crippen LogP contribution in [0.1, 0.15) is 55.4 Å². The minimum absolute atomic E-state index is 0.388. The van der Waals surface area contributed by atoms with Gasteiger partial charge in [-0.15, -0.1) is 0 Å². The van der Waals surface area contributed by atoms with E-state index < -0.39 is 0 Å². The maximum atomic E-state index is 2.42. The van der Waals surface area contributed by atoms with Gasteiger partial charge in [0.1, 0.15) is 0 Å². The Morgan fingerprint density at radius 1 is 1.00 bits per heavy atom. The molecule has 1 aliphatic heterocycles. The Morgan fingerprint density at radius 3 is 2.00 bits per heavy atom. The Balaban J connectivity index is 2.78. The molecule has 1 rings (SSSR count). The van der Waals surface area contributed by atoms with Crippen molar-refractivity contribution in [3.05, 3.63) is 0 Å². The maximum absolute atomic E-state index is 2.42. The van der Waals surface area contributed by atoms with E-state index in [-0.39, 0.29) is 0 Å². The van der Waals surface area contributed by atoms with E-state index in [9.17, 15) is 0 Å². The molecular formula is C16H32S3. The standard InChI is InChI=1S/C16H32S3/c1-11-9-17-10-13(18-11)14(16(6,7)8)19-12(2)15(3,4)5/h11-14H,9-10H2,1-8H3. The molecule has 4 atom stereocenters. The van der Waals surface area contributed by atoms with E-state index in [4.69, 9.17) is 0 Å². The summed E-state index contributed by atoms with van der Waals surface area (Å²) in [5.41, 5.74) is 0.783. The largest absolute Gasteiger partial charge is 0.160 e. The summed E-state index contributed by atoms with van der Waals surface area (Å²) in [6.45, 7) is 19.2. The first kappa shape index (κ1) is 18.1. The first-order valence-electron chi connectivity index (χ1n) is 7.40. The lowest BCUT2D eigenvalue weighted by Gasteiger charge is -2.42. The van der Waals surface area contributed by atoms with Crippen molar-refractivity contribution in [2.75, 3.05) is 11.5 Å². The van der Waals surface area contributed by atoms with Crippen LogP contribution in [0.5, 0.6) is 0 Å². The Morgan fingerprint density at radius 2 is 1.58 bits per heavy atom. The highest BCUT2D eigenvalue weighted by molar-refractivity contribution is 8.08. The minimum atomic E-state index is 0.388. The molecule has 0 N–H and O–H groups in total. The molecule has 19 heavy (non-hydrogen) atoms. The summed E-state index contributed by atoms with van der Waals surface area (Å²) >= 11 is 6.62. The van der Waals surface area contributed by atoms with Gasteiger partial charge in [0.25, 0.3) is 0 Å². The van der Waals surface area contributed by atoms with Crippen molar-refractivity contribution in [3.63, 3.8) is 0 Å². The van der Waals surface area contributed by atoms with E-state index in [1.54, 1.807) is 0 Å². The molecule has 0 aromatic heterocycles. The molecule has 0 nitrogen and oxygen atoms in total. The molecule has 3 heteroatoms. The second-order valence-corrected chi connectivity index (χ2v) is 12.2. The lowest BCUT2D eigenvalue weighted by molar-refractivity contribution is 0.378. The number of thioether (sulfide) groups is 3. The minimum Gasteiger partial charge on any atom is -0.160 e. The van der Waals surface area contributed by atoms with E-state index in [1.807, 2.05) is 0 Å². The van der Waals surface area contributed by atoms with Crippen molar-refractivity contribution in [1.82, 2.24) is 0 Å². The number of hydrogen-bond donors (Lipinski definition) is 0. The van der Waals surface area contributed by atoms with Gasteiger partial charge in [0.05, 0.1) is 0 Å². The van der Waals surface area contributed by atoms with Gasteiger partial charge in [0, 0.05) is 32.5 Å². The SMILES string of the molecule is CC1CSCC(C(SC(C)C(C)(C)C)C(C)(C)C)S1. The van der Waals surface area contributed by atoms with Gasteiger partial charge >= 0.3 is 0 Å². The topological polar surface area (TPSA) is 0 Å². The van der Waals surface area contributed by atoms with Crippen LogP contribution < -0.4 is 0 Å².